The second kappa shape index (κ2) is 8.96. The number of H-pyrrole nitrogens is 1. The number of imidazole rings is 1. The van der Waals surface area contributed by atoms with Crippen LogP contribution in [-0.4, -0.2) is 34.9 Å². The van der Waals surface area contributed by atoms with Gasteiger partial charge in [0.2, 0.25) is 5.91 Å². The molecule has 3 aromatic carbocycles. The number of amides is 2. The Bertz CT molecular complexity index is 1300. The van der Waals surface area contributed by atoms with Crippen LogP contribution in [0, 0.1) is 0 Å². The van der Waals surface area contributed by atoms with Crippen LogP contribution in [0.3, 0.4) is 0 Å². The molecule has 2 N–H and O–H groups in total. The Hall–Kier alpha value is -3.84. The van der Waals surface area contributed by atoms with E-state index in [0.29, 0.717) is 22.1 Å². The van der Waals surface area contributed by atoms with Crippen molar-refractivity contribution in [1.29, 1.82) is 0 Å². The lowest BCUT2D eigenvalue weighted by Gasteiger charge is -2.29. The number of fused-ring (bicyclic) bond motifs is 2. The van der Waals surface area contributed by atoms with E-state index in [9.17, 15) is 9.59 Å². The Kier molecular flexibility index (Phi) is 5.71. The summed E-state index contributed by atoms with van der Waals surface area (Å²) in [5, 5.41) is 3.32. The van der Waals surface area contributed by atoms with Crippen LogP contribution in [0.15, 0.2) is 66.7 Å². The zero-order valence-corrected chi connectivity index (χ0v) is 18.4. The third-order valence-corrected chi connectivity index (χ3v) is 5.73. The Morgan fingerprint density at radius 3 is 2.73 bits per heavy atom. The molecular weight excluding hydrogens is 440 g/mol. The number of halogens is 1. The molecule has 33 heavy (non-hydrogen) atoms. The van der Waals surface area contributed by atoms with Crippen LogP contribution in [-0.2, 0) is 22.4 Å². The van der Waals surface area contributed by atoms with Crippen molar-refractivity contribution in [3.8, 4) is 5.75 Å². The van der Waals surface area contributed by atoms with E-state index >= 15 is 0 Å². The molecule has 166 valence electrons. The number of hydrogen-bond acceptors (Lipinski definition) is 4. The summed E-state index contributed by atoms with van der Waals surface area (Å²) in [5.41, 5.74) is 4.30. The molecule has 0 unspecified atom stereocenters. The number of hydrogen-bond donors (Lipinski definition) is 2. The number of rotatable bonds is 6. The predicted molar refractivity (Wildman–Crippen MR) is 128 cm³/mol. The van der Waals surface area contributed by atoms with E-state index in [0.717, 1.165) is 35.3 Å². The molecule has 8 heteroatoms. The van der Waals surface area contributed by atoms with Gasteiger partial charge in [-0.15, -0.1) is 0 Å². The van der Waals surface area contributed by atoms with E-state index < -0.39 is 0 Å². The van der Waals surface area contributed by atoms with E-state index in [4.69, 9.17) is 16.3 Å². The maximum absolute atomic E-state index is 12.6. The summed E-state index contributed by atoms with van der Waals surface area (Å²) in [7, 11) is 0. The van der Waals surface area contributed by atoms with Crippen LogP contribution in [0.4, 0.5) is 11.4 Å². The van der Waals surface area contributed by atoms with Crippen LogP contribution in [0.1, 0.15) is 11.4 Å². The summed E-state index contributed by atoms with van der Waals surface area (Å²) in [6.07, 6.45) is 1.62. The van der Waals surface area contributed by atoms with Crippen LogP contribution >= 0.6 is 11.6 Å². The van der Waals surface area contributed by atoms with E-state index in [1.807, 2.05) is 48.5 Å². The highest BCUT2D eigenvalue weighted by Crippen LogP contribution is 2.34. The minimum atomic E-state index is -0.300. The monoisotopic (exact) mass is 460 g/mol. The van der Waals surface area contributed by atoms with Crippen LogP contribution in [0.25, 0.3) is 11.0 Å². The highest BCUT2D eigenvalue weighted by Gasteiger charge is 2.27. The zero-order chi connectivity index (χ0) is 22.8. The molecule has 0 bridgehead atoms. The molecule has 7 nitrogen and oxygen atoms in total. The lowest BCUT2D eigenvalue weighted by Crippen LogP contribution is -2.43. The van der Waals surface area contributed by atoms with Gasteiger partial charge in [-0.3, -0.25) is 14.5 Å². The SMILES string of the molecule is O=C(CN1C(=O)COc2ccc(Cl)cc21)Nc1ccc(CCc2nc3ccccc3[nH]2)cc1. The average Bonchev–Trinajstić information content (AvgIpc) is 3.24. The largest absolute Gasteiger partial charge is 0.482 e. The van der Waals surface area contributed by atoms with Crippen LogP contribution in [0.5, 0.6) is 5.75 Å². The highest BCUT2D eigenvalue weighted by molar-refractivity contribution is 6.31. The third-order valence-electron chi connectivity index (χ3n) is 5.49. The van der Waals surface area contributed by atoms with Gasteiger partial charge in [0.25, 0.3) is 5.91 Å². The number of nitrogens with one attached hydrogen (secondary N) is 2. The summed E-state index contributed by atoms with van der Waals surface area (Å²) in [4.78, 5) is 34.3. The lowest BCUT2D eigenvalue weighted by molar-refractivity contribution is -0.123. The number of anilines is 2. The van der Waals surface area contributed by atoms with Gasteiger partial charge in [-0.05, 0) is 54.4 Å². The molecule has 0 saturated carbocycles. The molecule has 0 spiro atoms. The van der Waals surface area contributed by atoms with Gasteiger partial charge in [-0.1, -0.05) is 35.9 Å². The van der Waals surface area contributed by atoms with Crippen molar-refractivity contribution in [1.82, 2.24) is 9.97 Å². The number of carbonyl (C=O) groups is 2. The topological polar surface area (TPSA) is 87.3 Å². The first-order chi connectivity index (χ1) is 16.0. The van der Waals surface area contributed by atoms with Crippen molar-refractivity contribution in [2.45, 2.75) is 12.8 Å². The van der Waals surface area contributed by atoms with Crippen molar-refractivity contribution in [3.63, 3.8) is 0 Å². The number of aromatic nitrogens is 2. The Balaban J connectivity index is 1.19. The van der Waals surface area contributed by atoms with Crippen molar-refractivity contribution < 1.29 is 14.3 Å². The van der Waals surface area contributed by atoms with Gasteiger partial charge in [0.15, 0.2) is 6.61 Å². The predicted octanol–water partition coefficient (Wildman–Crippen LogP) is 4.37. The average molecular weight is 461 g/mol. The number of ether oxygens (including phenoxy) is 1. The Morgan fingerprint density at radius 2 is 1.91 bits per heavy atom. The van der Waals surface area contributed by atoms with Crippen molar-refractivity contribution >= 4 is 45.8 Å². The molecule has 0 aliphatic carbocycles. The molecule has 0 fully saturated rings. The van der Waals surface area contributed by atoms with Crippen molar-refractivity contribution in [2.24, 2.45) is 0 Å². The summed E-state index contributed by atoms with van der Waals surface area (Å²) in [5.74, 6) is 0.886. The molecule has 4 aromatic rings. The maximum Gasteiger partial charge on any atom is 0.265 e. The molecule has 0 atom stereocenters. The van der Waals surface area contributed by atoms with Gasteiger partial charge in [0.05, 0.1) is 16.7 Å². The Labute approximate surface area is 195 Å². The number of aromatic amines is 1. The second-order valence-electron chi connectivity index (χ2n) is 7.83. The van der Waals surface area contributed by atoms with Gasteiger partial charge in [0, 0.05) is 17.1 Å². The van der Waals surface area contributed by atoms with Gasteiger partial charge >= 0.3 is 0 Å². The van der Waals surface area contributed by atoms with Crippen molar-refractivity contribution in [2.75, 3.05) is 23.4 Å². The van der Waals surface area contributed by atoms with E-state index in [1.165, 1.54) is 4.90 Å². The van der Waals surface area contributed by atoms with Gasteiger partial charge < -0.3 is 15.0 Å². The number of aryl methyl sites for hydroxylation is 2. The quantitative estimate of drug-likeness (QED) is 0.447. The summed E-state index contributed by atoms with van der Waals surface area (Å²) in [6, 6.07) is 20.6. The van der Waals surface area contributed by atoms with E-state index in [2.05, 4.69) is 15.3 Å². The van der Waals surface area contributed by atoms with Crippen molar-refractivity contribution in [3.05, 3.63) is 83.1 Å². The molecule has 0 saturated heterocycles. The summed E-state index contributed by atoms with van der Waals surface area (Å²) >= 11 is 6.06. The number of carbonyl (C=O) groups excluding carboxylic acids is 2. The third kappa shape index (κ3) is 4.68. The normalized spacial score (nSPS) is 13.0. The zero-order valence-electron chi connectivity index (χ0n) is 17.7. The smallest absolute Gasteiger partial charge is 0.265 e. The minimum absolute atomic E-state index is 0.109. The first-order valence-electron chi connectivity index (χ1n) is 10.6. The molecule has 1 aliphatic rings. The van der Waals surface area contributed by atoms with E-state index in [1.54, 1.807) is 18.2 Å². The molecule has 2 amide bonds. The molecule has 1 aliphatic heterocycles. The number of para-hydroxylation sites is 2. The van der Waals surface area contributed by atoms with E-state index in [-0.39, 0.29) is 25.0 Å². The fourth-order valence-electron chi connectivity index (χ4n) is 3.83. The molecular formula is C25H21ClN4O3. The van der Waals surface area contributed by atoms with Gasteiger partial charge in [-0.2, -0.15) is 0 Å². The standard InChI is InChI=1S/C25H21ClN4O3/c26-17-8-11-22-21(13-17)30(25(32)15-33-22)14-24(31)27-18-9-5-16(6-10-18)7-12-23-28-19-3-1-2-4-20(19)29-23/h1-6,8-11,13H,7,12,14-15H2,(H,27,31)(H,28,29). The van der Waals surface area contributed by atoms with Crippen LogP contribution < -0.4 is 15.0 Å². The van der Waals surface area contributed by atoms with Gasteiger partial charge in [-0.25, -0.2) is 4.98 Å². The minimum Gasteiger partial charge on any atom is -0.482 e. The fraction of sp³-hybridized carbons (Fsp3) is 0.160. The summed E-state index contributed by atoms with van der Waals surface area (Å²) in [6.45, 7) is -0.231. The Morgan fingerprint density at radius 1 is 1.09 bits per heavy atom. The number of nitrogens with zero attached hydrogens (tertiary/aromatic N) is 2. The first kappa shape index (κ1) is 21.0. The van der Waals surface area contributed by atoms with Crippen LogP contribution in [0.2, 0.25) is 5.02 Å². The molecule has 1 aromatic heterocycles. The second-order valence-corrected chi connectivity index (χ2v) is 8.26. The number of benzene rings is 3. The van der Waals surface area contributed by atoms with Gasteiger partial charge in [0.1, 0.15) is 18.1 Å². The lowest BCUT2D eigenvalue weighted by atomic mass is 10.1. The summed E-state index contributed by atoms with van der Waals surface area (Å²) < 4.78 is 5.42. The first-order valence-corrected chi connectivity index (χ1v) is 11.0. The maximum atomic E-state index is 12.6. The molecule has 5 rings (SSSR count). The highest BCUT2D eigenvalue weighted by atomic mass is 35.5. The fourth-order valence-corrected chi connectivity index (χ4v) is 4.00. The molecule has 0 radical (unpaired) electrons. The molecule has 2 heterocycles.